The van der Waals surface area contributed by atoms with E-state index in [1.807, 2.05) is 23.3 Å². The highest BCUT2D eigenvalue weighted by atomic mass is 35.5. The van der Waals surface area contributed by atoms with Gasteiger partial charge in [-0.05, 0) is 23.9 Å². The molecule has 0 aromatic carbocycles. The molecule has 106 valence electrons. The third kappa shape index (κ3) is 4.03. The second-order valence-corrected chi connectivity index (χ2v) is 4.98. The predicted molar refractivity (Wildman–Crippen MR) is 76.7 cm³/mol. The Bertz CT molecular complexity index is 344. The van der Waals surface area contributed by atoms with Gasteiger partial charge in [0.2, 0.25) is 0 Å². The van der Waals surface area contributed by atoms with Gasteiger partial charge in [0.05, 0.1) is 0 Å². The number of aryl methyl sites for hydroxylation is 1. The Balaban J connectivity index is 0.00000144. The van der Waals surface area contributed by atoms with Gasteiger partial charge in [0.25, 0.3) is 6.43 Å². The number of hydrogen-bond donors (Lipinski definition) is 1. The van der Waals surface area contributed by atoms with Gasteiger partial charge in [0.15, 0.2) is 0 Å². The van der Waals surface area contributed by atoms with E-state index in [4.69, 9.17) is 0 Å². The van der Waals surface area contributed by atoms with Crippen LogP contribution in [0.25, 0.3) is 0 Å². The average molecular weight is 319 g/mol. The van der Waals surface area contributed by atoms with Crippen LogP contribution >= 0.6 is 36.2 Å². The molecule has 1 aromatic heterocycles. The molecular weight excluding hydrogens is 301 g/mol. The highest BCUT2D eigenvalue weighted by Gasteiger charge is 2.31. The van der Waals surface area contributed by atoms with Crippen LogP contribution in [0.15, 0.2) is 11.4 Å². The molecule has 0 unspecified atom stereocenters. The van der Waals surface area contributed by atoms with Gasteiger partial charge in [-0.15, -0.1) is 36.2 Å². The van der Waals surface area contributed by atoms with Gasteiger partial charge in [0.1, 0.15) is 6.04 Å². The van der Waals surface area contributed by atoms with Crippen LogP contribution in [-0.4, -0.2) is 37.5 Å². The lowest BCUT2D eigenvalue weighted by Gasteiger charge is -2.34. The molecule has 0 saturated carbocycles. The lowest BCUT2D eigenvalue weighted by atomic mass is 10.1. The van der Waals surface area contributed by atoms with E-state index in [0.29, 0.717) is 13.1 Å². The molecule has 1 fully saturated rings. The van der Waals surface area contributed by atoms with Crippen LogP contribution in [0.5, 0.6) is 0 Å². The van der Waals surface area contributed by atoms with Crippen molar-refractivity contribution in [2.45, 2.75) is 19.4 Å². The summed E-state index contributed by atoms with van der Waals surface area (Å²) >= 11 is 1.44. The third-order valence-electron chi connectivity index (χ3n) is 2.95. The monoisotopic (exact) mass is 318 g/mol. The first kappa shape index (κ1) is 18.1. The average Bonchev–Trinajstić information content (AvgIpc) is 2.66. The van der Waals surface area contributed by atoms with E-state index in [0.717, 1.165) is 23.5 Å². The fraction of sp³-hybridized carbons (Fsp3) is 0.636. The van der Waals surface area contributed by atoms with Gasteiger partial charge < -0.3 is 5.32 Å². The predicted octanol–water partition coefficient (Wildman–Crippen LogP) is 3.11. The van der Waals surface area contributed by atoms with Gasteiger partial charge in [-0.25, -0.2) is 8.78 Å². The van der Waals surface area contributed by atoms with E-state index in [2.05, 4.69) is 5.32 Å². The highest BCUT2D eigenvalue weighted by Crippen LogP contribution is 2.33. The fourth-order valence-corrected chi connectivity index (χ4v) is 3.15. The summed E-state index contributed by atoms with van der Waals surface area (Å²) in [6, 6.07) is 1.19. The van der Waals surface area contributed by atoms with E-state index in [1.165, 1.54) is 11.3 Å². The molecule has 0 bridgehead atoms. The largest absolute Gasteiger partial charge is 0.314 e. The van der Waals surface area contributed by atoms with Crippen molar-refractivity contribution in [2.75, 3.05) is 26.2 Å². The van der Waals surface area contributed by atoms with Crippen LogP contribution in [0.1, 0.15) is 16.5 Å². The minimum atomic E-state index is -2.31. The Morgan fingerprint density at radius 3 is 2.33 bits per heavy atom. The molecule has 0 spiro atoms. The maximum Gasteiger partial charge on any atom is 0.258 e. The van der Waals surface area contributed by atoms with Crippen LogP contribution in [0, 0.1) is 6.92 Å². The molecule has 1 atom stereocenters. The SMILES string of the molecule is Cc1ccsc1[C@@H](C(F)F)N1CCNCC1.Cl.Cl. The first-order chi connectivity index (χ1) is 7.70. The van der Waals surface area contributed by atoms with Crippen molar-refractivity contribution in [3.8, 4) is 0 Å². The number of halogens is 4. The van der Waals surface area contributed by atoms with E-state index in [1.54, 1.807) is 0 Å². The van der Waals surface area contributed by atoms with Crippen molar-refractivity contribution in [1.82, 2.24) is 10.2 Å². The van der Waals surface area contributed by atoms with Crippen molar-refractivity contribution in [2.24, 2.45) is 0 Å². The zero-order chi connectivity index (χ0) is 11.5. The molecule has 1 aliphatic rings. The molecule has 7 heteroatoms. The number of hydrogen-bond acceptors (Lipinski definition) is 3. The number of alkyl halides is 2. The van der Waals surface area contributed by atoms with Crippen molar-refractivity contribution in [3.05, 3.63) is 21.9 Å². The molecule has 2 heterocycles. The van der Waals surface area contributed by atoms with Gasteiger partial charge in [-0.3, -0.25) is 4.90 Å². The van der Waals surface area contributed by atoms with Crippen molar-refractivity contribution in [3.63, 3.8) is 0 Å². The lowest BCUT2D eigenvalue weighted by Crippen LogP contribution is -2.46. The Morgan fingerprint density at radius 1 is 1.28 bits per heavy atom. The zero-order valence-electron chi connectivity index (χ0n) is 10.1. The van der Waals surface area contributed by atoms with Gasteiger partial charge in [-0.1, -0.05) is 0 Å². The summed E-state index contributed by atoms with van der Waals surface area (Å²) in [6.45, 7) is 4.91. The summed E-state index contributed by atoms with van der Waals surface area (Å²) in [6.07, 6.45) is -2.31. The smallest absolute Gasteiger partial charge is 0.258 e. The van der Waals surface area contributed by atoms with Crippen LogP contribution < -0.4 is 5.32 Å². The second kappa shape index (κ2) is 8.27. The lowest BCUT2D eigenvalue weighted by molar-refractivity contribution is 0.0197. The fourth-order valence-electron chi connectivity index (χ4n) is 2.09. The van der Waals surface area contributed by atoms with Gasteiger partial charge >= 0.3 is 0 Å². The van der Waals surface area contributed by atoms with Gasteiger partial charge in [-0.2, -0.15) is 0 Å². The maximum absolute atomic E-state index is 13.2. The van der Waals surface area contributed by atoms with E-state index >= 15 is 0 Å². The zero-order valence-corrected chi connectivity index (χ0v) is 12.5. The van der Waals surface area contributed by atoms with E-state index in [9.17, 15) is 8.78 Å². The molecule has 2 nitrogen and oxygen atoms in total. The highest BCUT2D eigenvalue weighted by molar-refractivity contribution is 7.10. The number of nitrogens with zero attached hydrogens (tertiary/aromatic N) is 1. The summed E-state index contributed by atoms with van der Waals surface area (Å²) in [4.78, 5) is 2.71. The minimum absolute atomic E-state index is 0. The van der Waals surface area contributed by atoms with Gasteiger partial charge in [0, 0.05) is 31.1 Å². The molecule has 2 rings (SSSR count). The van der Waals surface area contributed by atoms with Crippen LogP contribution in [0.3, 0.4) is 0 Å². The number of piperazine rings is 1. The molecule has 18 heavy (non-hydrogen) atoms. The maximum atomic E-state index is 13.2. The third-order valence-corrected chi connectivity index (χ3v) is 4.04. The Morgan fingerprint density at radius 2 is 1.89 bits per heavy atom. The minimum Gasteiger partial charge on any atom is -0.314 e. The summed E-state index contributed by atoms with van der Waals surface area (Å²) < 4.78 is 26.3. The molecule has 1 aromatic rings. The normalized spacial score (nSPS) is 18.0. The topological polar surface area (TPSA) is 15.3 Å². The molecule has 1 N–H and O–H groups in total. The van der Waals surface area contributed by atoms with Crippen LogP contribution in [0.2, 0.25) is 0 Å². The number of nitrogens with one attached hydrogen (secondary N) is 1. The first-order valence-corrected chi connectivity index (χ1v) is 6.35. The van der Waals surface area contributed by atoms with Crippen LogP contribution in [-0.2, 0) is 0 Å². The number of thiophene rings is 1. The van der Waals surface area contributed by atoms with Crippen LogP contribution in [0.4, 0.5) is 8.78 Å². The molecule has 1 saturated heterocycles. The first-order valence-electron chi connectivity index (χ1n) is 5.47. The Labute approximate surface area is 123 Å². The standard InChI is InChI=1S/C11H16F2N2S.2ClH/c1-8-2-7-16-10(8)9(11(12)13)15-5-3-14-4-6-15;;/h2,7,9,11,14H,3-6H2,1H3;2*1H/t9-;;/m0../s1. The summed E-state index contributed by atoms with van der Waals surface area (Å²) in [7, 11) is 0. The van der Waals surface area contributed by atoms with E-state index < -0.39 is 12.5 Å². The quantitative estimate of drug-likeness (QED) is 0.921. The van der Waals surface area contributed by atoms with Crippen molar-refractivity contribution >= 4 is 36.2 Å². The summed E-state index contributed by atoms with van der Waals surface area (Å²) in [5.74, 6) is 0. The molecule has 0 amide bonds. The van der Waals surface area contributed by atoms with E-state index in [-0.39, 0.29) is 24.8 Å². The molecule has 1 aliphatic heterocycles. The molecule has 0 aliphatic carbocycles. The Hall–Kier alpha value is 0.0600. The second-order valence-electron chi connectivity index (χ2n) is 4.03. The van der Waals surface area contributed by atoms with Crippen molar-refractivity contribution < 1.29 is 8.78 Å². The molecular formula is C11H18Cl2F2N2S. The Kier molecular flexibility index (Phi) is 8.30. The molecule has 0 radical (unpaired) electrons. The summed E-state index contributed by atoms with van der Waals surface area (Å²) in [5, 5.41) is 5.08. The summed E-state index contributed by atoms with van der Waals surface area (Å²) in [5.41, 5.74) is 0.980. The van der Waals surface area contributed by atoms with Crippen molar-refractivity contribution in [1.29, 1.82) is 0 Å². The number of rotatable bonds is 3.